The summed E-state index contributed by atoms with van der Waals surface area (Å²) < 4.78 is 10.8. The highest BCUT2D eigenvalue weighted by Gasteiger charge is 2.22. The van der Waals surface area contributed by atoms with E-state index < -0.39 is 5.63 Å². The number of hydrogen-bond donors (Lipinski definition) is 1. The van der Waals surface area contributed by atoms with E-state index in [2.05, 4.69) is 29.0 Å². The van der Waals surface area contributed by atoms with Gasteiger partial charge in [0.25, 0.3) is 5.91 Å². The van der Waals surface area contributed by atoms with E-state index in [1.807, 2.05) is 18.4 Å². The second-order valence-electron chi connectivity index (χ2n) is 8.53. The Morgan fingerprint density at radius 3 is 2.84 bits per heavy atom. The average Bonchev–Trinajstić information content (AvgIpc) is 3.11. The van der Waals surface area contributed by atoms with Crippen molar-refractivity contribution in [2.75, 3.05) is 25.0 Å². The number of piperidine rings is 1. The Bertz CT molecular complexity index is 1130. The van der Waals surface area contributed by atoms with Gasteiger partial charge in [-0.2, -0.15) is 0 Å². The average molecular weight is 442 g/mol. The summed E-state index contributed by atoms with van der Waals surface area (Å²) in [4.78, 5) is 30.8. The maximum Gasteiger partial charge on any atom is 0.336 e. The van der Waals surface area contributed by atoms with Gasteiger partial charge in [-0.1, -0.05) is 13.8 Å². The number of fused-ring (bicyclic) bond motifs is 1. The summed E-state index contributed by atoms with van der Waals surface area (Å²) in [7, 11) is 0. The largest absolute Gasteiger partial charge is 0.484 e. The van der Waals surface area contributed by atoms with Crippen LogP contribution in [0, 0.1) is 18.8 Å². The van der Waals surface area contributed by atoms with E-state index >= 15 is 0 Å². The Balaban J connectivity index is 1.31. The summed E-state index contributed by atoms with van der Waals surface area (Å²) >= 11 is 1.42. The van der Waals surface area contributed by atoms with Crippen LogP contribution in [0.3, 0.4) is 0 Å². The van der Waals surface area contributed by atoms with E-state index in [4.69, 9.17) is 9.15 Å². The van der Waals surface area contributed by atoms with E-state index in [-0.39, 0.29) is 12.5 Å². The highest BCUT2D eigenvalue weighted by molar-refractivity contribution is 7.13. The molecule has 0 radical (unpaired) electrons. The number of rotatable bonds is 6. The minimum atomic E-state index is -0.409. The standard InChI is InChI=1S/C23H27N3O4S/c1-14-6-15(2)10-26(9-14)11-17-13-31-23(24-17)25-21(27)12-29-18-4-5-19-16(3)7-22(28)30-20(19)8-18/h4-5,7-8,13-15H,6,9-12H2,1-3H3,(H,24,25,27)/t14-,15-/m0/s1. The first-order valence-corrected chi connectivity index (χ1v) is 11.4. The third-order valence-corrected chi connectivity index (χ3v) is 6.23. The molecule has 0 unspecified atom stereocenters. The van der Waals surface area contributed by atoms with Crippen LogP contribution in [-0.4, -0.2) is 35.5 Å². The van der Waals surface area contributed by atoms with E-state index in [1.54, 1.807) is 12.1 Å². The summed E-state index contributed by atoms with van der Waals surface area (Å²) in [6.07, 6.45) is 1.28. The molecule has 0 spiro atoms. The molecule has 2 aromatic heterocycles. The SMILES string of the molecule is Cc1cc(=O)oc2cc(OCC(=O)Nc3nc(CN4C[C@@H](C)C[C@H](C)C4)cs3)ccc12. The van der Waals surface area contributed by atoms with Crippen molar-refractivity contribution in [3.05, 3.63) is 51.3 Å². The monoisotopic (exact) mass is 441 g/mol. The number of benzene rings is 1. The molecule has 8 heteroatoms. The fraction of sp³-hybridized carbons (Fsp3) is 0.435. The number of aryl methyl sites for hydroxylation is 1. The first-order valence-electron chi connectivity index (χ1n) is 10.5. The van der Waals surface area contributed by atoms with Gasteiger partial charge in [-0.05, 0) is 42.9 Å². The van der Waals surface area contributed by atoms with Gasteiger partial charge in [-0.15, -0.1) is 11.3 Å². The number of nitrogens with zero attached hydrogens (tertiary/aromatic N) is 2. The molecule has 1 amide bonds. The van der Waals surface area contributed by atoms with Crippen molar-refractivity contribution in [2.45, 2.75) is 33.7 Å². The van der Waals surface area contributed by atoms with Crippen LogP contribution in [0.2, 0.25) is 0 Å². The maximum absolute atomic E-state index is 12.3. The van der Waals surface area contributed by atoms with Crippen LogP contribution < -0.4 is 15.7 Å². The minimum absolute atomic E-state index is 0.155. The van der Waals surface area contributed by atoms with Crippen molar-refractivity contribution in [3.63, 3.8) is 0 Å². The Morgan fingerprint density at radius 1 is 1.29 bits per heavy atom. The molecule has 0 aliphatic carbocycles. The molecule has 1 aliphatic rings. The Kier molecular flexibility index (Phi) is 6.38. The van der Waals surface area contributed by atoms with Gasteiger partial charge in [0, 0.05) is 42.5 Å². The maximum atomic E-state index is 12.3. The number of carbonyl (C=O) groups excluding carboxylic acids is 1. The molecule has 3 heterocycles. The van der Waals surface area contributed by atoms with Gasteiger partial charge >= 0.3 is 5.63 Å². The molecule has 1 saturated heterocycles. The van der Waals surface area contributed by atoms with E-state index in [0.29, 0.717) is 28.3 Å². The highest BCUT2D eigenvalue weighted by atomic mass is 32.1. The summed E-state index contributed by atoms with van der Waals surface area (Å²) in [5.74, 6) is 1.58. The van der Waals surface area contributed by atoms with Crippen molar-refractivity contribution in [1.29, 1.82) is 0 Å². The van der Waals surface area contributed by atoms with Gasteiger partial charge in [0.05, 0.1) is 5.69 Å². The molecule has 31 heavy (non-hydrogen) atoms. The van der Waals surface area contributed by atoms with E-state index in [0.717, 1.165) is 36.3 Å². The third-order valence-electron chi connectivity index (χ3n) is 5.42. The molecule has 7 nitrogen and oxygen atoms in total. The summed E-state index contributed by atoms with van der Waals surface area (Å²) in [5.41, 5.74) is 1.84. The van der Waals surface area contributed by atoms with Gasteiger partial charge in [-0.3, -0.25) is 15.0 Å². The fourth-order valence-electron chi connectivity index (χ4n) is 4.29. The molecule has 1 N–H and O–H groups in total. The second kappa shape index (κ2) is 9.20. The number of carbonyl (C=O) groups is 1. The lowest BCUT2D eigenvalue weighted by molar-refractivity contribution is -0.118. The smallest absolute Gasteiger partial charge is 0.336 e. The molecule has 4 rings (SSSR count). The summed E-state index contributed by atoms with van der Waals surface area (Å²) in [6.45, 7) is 9.25. The Labute approximate surface area is 185 Å². The number of ether oxygens (including phenoxy) is 1. The molecule has 1 fully saturated rings. The number of hydrogen-bond acceptors (Lipinski definition) is 7. The number of nitrogens with one attached hydrogen (secondary N) is 1. The zero-order valence-electron chi connectivity index (χ0n) is 18.0. The predicted molar refractivity (Wildman–Crippen MR) is 122 cm³/mol. The molecule has 1 aromatic carbocycles. The summed E-state index contributed by atoms with van der Waals surface area (Å²) in [5, 5.41) is 6.20. The van der Waals surface area contributed by atoms with Crippen LogP contribution in [0.15, 0.2) is 38.9 Å². The fourth-order valence-corrected chi connectivity index (χ4v) is 5.00. The van der Waals surface area contributed by atoms with Crippen molar-refractivity contribution < 1.29 is 13.9 Å². The van der Waals surface area contributed by atoms with Gasteiger partial charge in [0.2, 0.25) is 0 Å². The van der Waals surface area contributed by atoms with E-state index in [9.17, 15) is 9.59 Å². The number of anilines is 1. The van der Waals surface area contributed by atoms with Crippen molar-refractivity contribution in [3.8, 4) is 5.75 Å². The molecule has 1 aliphatic heterocycles. The van der Waals surface area contributed by atoms with Crippen LogP contribution in [0.4, 0.5) is 5.13 Å². The number of amides is 1. The first kappa shape index (κ1) is 21.5. The molecule has 0 bridgehead atoms. The predicted octanol–water partition coefficient (Wildman–Crippen LogP) is 4.05. The molecule has 164 valence electrons. The zero-order valence-corrected chi connectivity index (χ0v) is 18.8. The molecule has 2 atom stereocenters. The van der Waals surface area contributed by atoms with Gasteiger partial charge in [0.1, 0.15) is 11.3 Å². The number of thiazole rings is 1. The van der Waals surface area contributed by atoms with Crippen LogP contribution in [0.25, 0.3) is 11.0 Å². The normalized spacial score (nSPS) is 19.5. The van der Waals surface area contributed by atoms with Crippen LogP contribution in [0.5, 0.6) is 5.75 Å². The van der Waals surface area contributed by atoms with Gasteiger partial charge < -0.3 is 9.15 Å². The molecule has 3 aromatic rings. The quantitative estimate of drug-likeness (QED) is 0.581. The van der Waals surface area contributed by atoms with Crippen molar-refractivity contribution in [2.24, 2.45) is 11.8 Å². The van der Waals surface area contributed by atoms with Crippen LogP contribution in [-0.2, 0) is 11.3 Å². The number of aromatic nitrogens is 1. The molecular weight excluding hydrogens is 414 g/mol. The number of likely N-dealkylation sites (tertiary alicyclic amines) is 1. The van der Waals surface area contributed by atoms with Gasteiger partial charge in [-0.25, -0.2) is 9.78 Å². The summed E-state index contributed by atoms with van der Waals surface area (Å²) in [6, 6.07) is 6.64. The topological polar surface area (TPSA) is 84.7 Å². The van der Waals surface area contributed by atoms with Crippen LogP contribution >= 0.6 is 11.3 Å². The second-order valence-corrected chi connectivity index (χ2v) is 9.39. The zero-order chi connectivity index (χ0) is 22.0. The third kappa shape index (κ3) is 5.51. The Hall–Kier alpha value is -2.71. The lowest BCUT2D eigenvalue weighted by Gasteiger charge is -2.34. The van der Waals surface area contributed by atoms with Gasteiger partial charge in [0.15, 0.2) is 11.7 Å². The van der Waals surface area contributed by atoms with E-state index in [1.165, 1.54) is 23.8 Å². The highest BCUT2D eigenvalue weighted by Crippen LogP contribution is 2.24. The van der Waals surface area contributed by atoms with Crippen molar-refractivity contribution in [1.82, 2.24) is 9.88 Å². The molecular formula is C23H27N3O4S. The minimum Gasteiger partial charge on any atom is -0.484 e. The lowest BCUT2D eigenvalue weighted by atomic mass is 9.92. The Morgan fingerprint density at radius 2 is 2.06 bits per heavy atom. The lowest BCUT2D eigenvalue weighted by Crippen LogP contribution is -2.38. The van der Waals surface area contributed by atoms with Crippen LogP contribution in [0.1, 0.15) is 31.5 Å². The first-order chi connectivity index (χ1) is 14.9. The van der Waals surface area contributed by atoms with Crippen molar-refractivity contribution >= 4 is 33.3 Å². The molecule has 0 saturated carbocycles.